The fraction of sp³-hybridized carbons (Fsp3) is 0.231. The van der Waals surface area contributed by atoms with Gasteiger partial charge in [-0.3, -0.25) is 14.6 Å². The SMILES string of the molecule is CCC(=O)NC1CN(c2ccc(-c3cnc(N4CCN(C(c5ccccc5)(c5ccccc5)c5ccccc5)CC4)nc3)c(F)c2)C(=O)O1. The van der Waals surface area contributed by atoms with E-state index < -0.39 is 23.7 Å². The van der Waals surface area contributed by atoms with Crippen LogP contribution in [-0.2, 0) is 15.1 Å². The molecule has 4 aromatic carbocycles. The molecule has 2 saturated heterocycles. The van der Waals surface area contributed by atoms with Crippen LogP contribution in [0, 0.1) is 5.82 Å². The van der Waals surface area contributed by atoms with E-state index in [4.69, 9.17) is 4.74 Å². The summed E-state index contributed by atoms with van der Waals surface area (Å²) in [5, 5.41) is 2.63. The number of piperazine rings is 1. The van der Waals surface area contributed by atoms with Crippen LogP contribution in [0.25, 0.3) is 11.1 Å². The predicted molar refractivity (Wildman–Crippen MR) is 186 cm³/mol. The van der Waals surface area contributed by atoms with Crippen LogP contribution in [0.5, 0.6) is 0 Å². The molecule has 7 rings (SSSR count). The maximum atomic E-state index is 15.4. The zero-order valence-corrected chi connectivity index (χ0v) is 27.2. The van der Waals surface area contributed by atoms with Crippen LogP contribution >= 0.6 is 0 Å². The summed E-state index contributed by atoms with van der Waals surface area (Å²) >= 11 is 0. The lowest BCUT2D eigenvalue weighted by atomic mass is 9.75. The first kappa shape index (κ1) is 32.0. The molecule has 49 heavy (non-hydrogen) atoms. The number of ether oxygens (including phenoxy) is 1. The molecule has 1 N–H and O–H groups in total. The number of aromatic nitrogens is 2. The predicted octanol–water partition coefficient (Wildman–Crippen LogP) is 6.21. The molecule has 5 aromatic rings. The van der Waals surface area contributed by atoms with Crippen LogP contribution in [0.4, 0.5) is 20.8 Å². The molecule has 3 heterocycles. The fourth-order valence-corrected chi connectivity index (χ4v) is 6.89. The zero-order valence-electron chi connectivity index (χ0n) is 27.2. The van der Waals surface area contributed by atoms with Crippen molar-refractivity contribution in [3.63, 3.8) is 0 Å². The summed E-state index contributed by atoms with van der Waals surface area (Å²) in [6.45, 7) is 4.76. The third kappa shape index (κ3) is 6.23. The van der Waals surface area contributed by atoms with E-state index in [1.54, 1.807) is 31.5 Å². The minimum Gasteiger partial charge on any atom is -0.423 e. The molecule has 0 bridgehead atoms. The first-order valence-electron chi connectivity index (χ1n) is 16.5. The van der Waals surface area contributed by atoms with Crippen molar-refractivity contribution in [1.82, 2.24) is 20.2 Å². The Labute approximate surface area is 285 Å². The highest BCUT2D eigenvalue weighted by molar-refractivity contribution is 5.90. The summed E-state index contributed by atoms with van der Waals surface area (Å²) in [6.07, 6.45) is 2.11. The van der Waals surface area contributed by atoms with E-state index in [1.165, 1.54) is 27.7 Å². The molecule has 1 unspecified atom stereocenters. The normalized spacial score (nSPS) is 16.8. The summed E-state index contributed by atoms with van der Waals surface area (Å²) in [6, 6.07) is 36.5. The zero-order chi connectivity index (χ0) is 33.8. The highest BCUT2D eigenvalue weighted by atomic mass is 19.1. The molecule has 2 aliphatic heterocycles. The Morgan fingerprint density at radius 3 is 1.90 bits per heavy atom. The molecule has 0 saturated carbocycles. The lowest BCUT2D eigenvalue weighted by Crippen LogP contribution is -2.57. The second-order valence-corrected chi connectivity index (χ2v) is 12.1. The minimum absolute atomic E-state index is 0.0948. The Kier molecular flexibility index (Phi) is 9.04. The number of anilines is 2. The van der Waals surface area contributed by atoms with E-state index in [1.807, 2.05) is 0 Å². The number of benzene rings is 4. The Morgan fingerprint density at radius 2 is 1.39 bits per heavy atom. The quantitative estimate of drug-likeness (QED) is 0.189. The summed E-state index contributed by atoms with van der Waals surface area (Å²) in [5.41, 5.74) is 4.33. The summed E-state index contributed by atoms with van der Waals surface area (Å²) in [4.78, 5) is 39.4. The molecule has 1 aromatic heterocycles. The van der Waals surface area contributed by atoms with Crippen LogP contribution in [-0.4, -0.2) is 65.8 Å². The van der Waals surface area contributed by atoms with E-state index >= 15 is 4.39 Å². The largest absolute Gasteiger partial charge is 0.423 e. The van der Waals surface area contributed by atoms with Gasteiger partial charge in [-0.1, -0.05) is 97.9 Å². The highest BCUT2D eigenvalue weighted by Gasteiger charge is 2.43. The van der Waals surface area contributed by atoms with E-state index in [-0.39, 0.29) is 18.9 Å². The van der Waals surface area contributed by atoms with Crippen molar-refractivity contribution in [2.45, 2.75) is 25.1 Å². The van der Waals surface area contributed by atoms with Crippen molar-refractivity contribution in [3.8, 4) is 11.1 Å². The van der Waals surface area contributed by atoms with Gasteiger partial charge in [0.15, 0.2) is 6.23 Å². The van der Waals surface area contributed by atoms with Gasteiger partial charge in [0, 0.05) is 56.1 Å². The van der Waals surface area contributed by atoms with E-state index in [2.05, 4.69) is 116 Å². The first-order valence-corrected chi connectivity index (χ1v) is 16.5. The van der Waals surface area contributed by atoms with Crippen LogP contribution in [0.3, 0.4) is 0 Å². The van der Waals surface area contributed by atoms with Gasteiger partial charge in [0.1, 0.15) is 5.82 Å². The van der Waals surface area contributed by atoms with Crippen LogP contribution < -0.4 is 15.1 Å². The molecular formula is C39H37FN6O3. The number of nitrogens with zero attached hydrogens (tertiary/aromatic N) is 5. The average molecular weight is 657 g/mol. The van der Waals surface area contributed by atoms with Gasteiger partial charge in [0.2, 0.25) is 11.9 Å². The van der Waals surface area contributed by atoms with E-state index in [0.717, 1.165) is 13.1 Å². The highest BCUT2D eigenvalue weighted by Crippen LogP contribution is 2.43. The lowest BCUT2D eigenvalue weighted by Gasteiger charge is -2.49. The van der Waals surface area contributed by atoms with Gasteiger partial charge in [0.05, 0.1) is 17.8 Å². The number of cyclic esters (lactones) is 1. The van der Waals surface area contributed by atoms with Gasteiger partial charge in [-0.05, 0) is 34.9 Å². The van der Waals surface area contributed by atoms with Crippen molar-refractivity contribution in [2.75, 3.05) is 42.5 Å². The van der Waals surface area contributed by atoms with E-state index in [9.17, 15) is 9.59 Å². The van der Waals surface area contributed by atoms with Gasteiger partial charge in [-0.15, -0.1) is 0 Å². The van der Waals surface area contributed by atoms with Crippen molar-refractivity contribution >= 4 is 23.6 Å². The molecule has 248 valence electrons. The molecule has 1 atom stereocenters. The molecule has 0 spiro atoms. The maximum absolute atomic E-state index is 15.4. The third-order valence-electron chi connectivity index (χ3n) is 9.28. The summed E-state index contributed by atoms with van der Waals surface area (Å²) in [7, 11) is 0. The number of carbonyl (C=O) groups excluding carboxylic acids is 2. The molecule has 2 aliphatic rings. The smallest absolute Gasteiger partial charge is 0.416 e. The van der Waals surface area contributed by atoms with Crippen LogP contribution in [0.2, 0.25) is 0 Å². The fourth-order valence-electron chi connectivity index (χ4n) is 6.89. The standard InChI is InChI=1S/C39H37FN6O3/c1-2-35(47)43-36-27-46(38(48)49-36)32-18-19-33(34(40)24-32)28-25-41-37(42-26-28)44-20-22-45(23-21-44)39(29-12-6-3-7-13-29,30-14-8-4-9-15-30)31-16-10-5-11-17-31/h3-19,24-26,36H,2,20-23,27H2,1H3,(H,43,47). The average Bonchev–Trinajstić information content (AvgIpc) is 3.53. The number of hydrogen-bond acceptors (Lipinski definition) is 7. The number of hydrogen-bond donors (Lipinski definition) is 1. The van der Waals surface area contributed by atoms with Crippen LogP contribution in [0.15, 0.2) is 122 Å². The topological polar surface area (TPSA) is 90.9 Å². The third-order valence-corrected chi connectivity index (χ3v) is 9.28. The van der Waals surface area contributed by atoms with Gasteiger partial charge in [-0.2, -0.15) is 0 Å². The molecule has 0 radical (unpaired) electrons. The monoisotopic (exact) mass is 656 g/mol. The molecule has 2 amide bonds. The molecule has 2 fully saturated rings. The van der Waals surface area contributed by atoms with Gasteiger partial charge in [-0.25, -0.2) is 19.2 Å². The second-order valence-electron chi connectivity index (χ2n) is 12.1. The molecule has 9 nitrogen and oxygen atoms in total. The first-order chi connectivity index (χ1) is 24.0. The number of nitrogens with one attached hydrogen (secondary N) is 1. The number of carbonyl (C=O) groups is 2. The Morgan fingerprint density at radius 1 is 0.837 bits per heavy atom. The molecule has 0 aliphatic carbocycles. The Hall–Kier alpha value is -5.61. The molecular weight excluding hydrogens is 619 g/mol. The Balaban J connectivity index is 1.09. The number of amides is 2. The Bertz CT molecular complexity index is 1810. The lowest BCUT2D eigenvalue weighted by molar-refractivity contribution is -0.123. The number of rotatable bonds is 9. The maximum Gasteiger partial charge on any atom is 0.416 e. The number of halogens is 1. The van der Waals surface area contributed by atoms with Gasteiger partial charge < -0.3 is 15.0 Å². The summed E-state index contributed by atoms with van der Waals surface area (Å²) < 4.78 is 20.6. The van der Waals surface area contributed by atoms with Crippen LogP contribution in [0.1, 0.15) is 30.0 Å². The van der Waals surface area contributed by atoms with Crippen molar-refractivity contribution < 1.29 is 18.7 Å². The van der Waals surface area contributed by atoms with E-state index in [0.29, 0.717) is 35.9 Å². The van der Waals surface area contributed by atoms with Crippen molar-refractivity contribution in [3.05, 3.63) is 144 Å². The van der Waals surface area contributed by atoms with Crippen molar-refractivity contribution in [2.24, 2.45) is 0 Å². The van der Waals surface area contributed by atoms with Crippen molar-refractivity contribution in [1.29, 1.82) is 0 Å². The second kappa shape index (κ2) is 13.9. The van der Waals surface area contributed by atoms with Gasteiger partial charge >= 0.3 is 6.09 Å². The summed E-state index contributed by atoms with van der Waals surface area (Å²) in [5.74, 6) is -0.160. The molecule has 10 heteroatoms. The minimum atomic E-state index is -0.781. The van der Waals surface area contributed by atoms with Gasteiger partial charge in [0.25, 0.3) is 0 Å².